The van der Waals surface area contributed by atoms with Crippen LogP contribution in [0.4, 0.5) is 11.8 Å². The zero-order chi connectivity index (χ0) is 17.8. The van der Waals surface area contributed by atoms with Gasteiger partial charge in [-0.2, -0.15) is 4.98 Å². The number of ether oxygens (including phenoxy) is 1. The molecule has 2 atom stereocenters. The molecule has 1 aromatic rings. The number of aliphatic hydroxyl groups excluding tert-OH is 1. The molecule has 25 heavy (non-hydrogen) atoms. The minimum Gasteiger partial charge on any atom is -0.391 e. The van der Waals surface area contributed by atoms with Crippen molar-refractivity contribution in [2.45, 2.75) is 69.2 Å². The van der Waals surface area contributed by atoms with Gasteiger partial charge in [-0.25, -0.2) is 4.98 Å². The molecule has 5 N–H and O–H groups in total. The van der Waals surface area contributed by atoms with E-state index < -0.39 is 12.0 Å². The van der Waals surface area contributed by atoms with Gasteiger partial charge in [0.2, 0.25) is 5.95 Å². The molecule has 1 heterocycles. The Morgan fingerprint density at radius 2 is 2.00 bits per heavy atom. The molecular formula is C17H27N5O3. The van der Waals surface area contributed by atoms with E-state index in [2.05, 4.69) is 20.6 Å². The van der Waals surface area contributed by atoms with Gasteiger partial charge in [-0.3, -0.25) is 4.79 Å². The Bertz CT molecular complexity index is 604. The molecule has 0 aromatic carbocycles. The Balaban J connectivity index is 1.70. The van der Waals surface area contributed by atoms with Crippen molar-refractivity contribution in [3.63, 3.8) is 0 Å². The van der Waals surface area contributed by atoms with Crippen LogP contribution in [0.1, 0.15) is 55.3 Å². The van der Waals surface area contributed by atoms with Crippen LogP contribution < -0.4 is 16.4 Å². The summed E-state index contributed by atoms with van der Waals surface area (Å²) in [6.07, 6.45) is 7.88. The van der Waals surface area contributed by atoms with E-state index in [1.165, 1.54) is 6.20 Å². The first-order valence-electron chi connectivity index (χ1n) is 8.97. The van der Waals surface area contributed by atoms with Crippen LogP contribution in [0.5, 0.6) is 0 Å². The van der Waals surface area contributed by atoms with Crippen LogP contribution in [0.25, 0.3) is 0 Å². The largest absolute Gasteiger partial charge is 0.391 e. The molecule has 0 radical (unpaired) electrons. The van der Waals surface area contributed by atoms with Gasteiger partial charge < -0.3 is 26.2 Å². The van der Waals surface area contributed by atoms with Crippen molar-refractivity contribution in [2.75, 3.05) is 17.7 Å². The van der Waals surface area contributed by atoms with E-state index in [9.17, 15) is 9.90 Å². The molecule has 2 aliphatic carbocycles. The number of nitrogens with one attached hydrogen (secondary N) is 2. The summed E-state index contributed by atoms with van der Waals surface area (Å²) in [6.45, 7) is 0. The summed E-state index contributed by atoms with van der Waals surface area (Å²) in [5, 5.41) is 16.5. The molecule has 8 nitrogen and oxygen atoms in total. The van der Waals surface area contributed by atoms with Crippen LogP contribution in [0.3, 0.4) is 0 Å². The lowest BCUT2D eigenvalue weighted by molar-refractivity contribution is 0.0681. The zero-order valence-electron chi connectivity index (χ0n) is 14.6. The number of rotatable bonds is 6. The van der Waals surface area contributed by atoms with Crippen molar-refractivity contribution in [3.05, 3.63) is 11.8 Å². The van der Waals surface area contributed by atoms with Gasteiger partial charge in [0.1, 0.15) is 5.82 Å². The van der Waals surface area contributed by atoms with Crippen molar-refractivity contribution in [2.24, 2.45) is 5.73 Å². The number of aliphatic hydroxyl groups is 1. The van der Waals surface area contributed by atoms with Gasteiger partial charge in [0.15, 0.2) is 0 Å². The second-order valence-corrected chi connectivity index (χ2v) is 6.92. The number of amides is 1. The molecule has 1 amide bonds. The van der Waals surface area contributed by atoms with Gasteiger partial charge >= 0.3 is 0 Å². The number of nitrogens with two attached hydrogens (primary N) is 1. The normalized spacial score (nSPS) is 29.4. The molecule has 2 fully saturated rings. The van der Waals surface area contributed by atoms with Crippen LogP contribution in [-0.4, -0.2) is 52.4 Å². The molecule has 0 saturated heterocycles. The fourth-order valence-corrected chi connectivity index (χ4v) is 3.65. The van der Waals surface area contributed by atoms with Crippen molar-refractivity contribution in [1.82, 2.24) is 9.97 Å². The maximum atomic E-state index is 11.7. The number of methoxy groups -OCH3 is 1. The number of hydrogen-bond acceptors (Lipinski definition) is 7. The Morgan fingerprint density at radius 3 is 2.60 bits per heavy atom. The third-order valence-corrected chi connectivity index (χ3v) is 5.20. The highest BCUT2D eigenvalue weighted by Crippen LogP contribution is 2.26. The summed E-state index contributed by atoms with van der Waals surface area (Å²) < 4.78 is 5.39. The second-order valence-electron chi connectivity index (χ2n) is 6.92. The van der Waals surface area contributed by atoms with Crippen LogP contribution >= 0.6 is 0 Å². The molecule has 0 unspecified atom stereocenters. The van der Waals surface area contributed by atoms with E-state index in [0.717, 1.165) is 44.9 Å². The molecule has 0 spiro atoms. The molecule has 138 valence electrons. The van der Waals surface area contributed by atoms with Crippen LogP contribution in [0.15, 0.2) is 6.20 Å². The third kappa shape index (κ3) is 4.38. The Labute approximate surface area is 147 Å². The van der Waals surface area contributed by atoms with Crippen LogP contribution in [0.2, 0.25) is 0 Å². The summed E-state index contributed by atoms with van der Waals surface area (Å²) >= 11 is 0. The molecule has 1 aromatic heterocycles. The highest BCUT2D eigenvalue weighted by Gasteiger charge is 2.27. The van der Waals surface area contributed by atoms with E-state index in [1.807, 2.05) is 0 Å². The third-order valence-electron chi connectivity index (χ3n) is 5.20. The maximum absolute atomic E-state index is 11.7. The van der Waals surface area contributed by atoms with E-state index >= 15 is 0 Å². The summed E-state index contributed by atoms with van der Waals surface area (Å²) in [4.78, 5) is 20.3. The lowest BCUT2D eigenvalue weighted by Gasteiger charge is -2.28. The quantitative estimate of drug-likeness (QED) is 0.610. The van der Waals surface area contributed by atoms with E-state index in [4.69, 9.17) is 10.5 Å². The number of carbonyl (C=O) groups is 1. The minimum absolute atomic E-state index is 0.113. The van der Waals surface area contributed by atoms with Gasteiger partial charge in [-0.15, -0.1) is 0 Å². The van der Waals surface area contributed by atoms with E-state index in [0.29, 0.717) is 17.9 Å². The van der Waals surface area contributed by atoms with Gasteiger partial charge in [0.05, 0.1) is 23.8 Å². The summed E-state index contributed by atoms with van der Waals surface area (Å²) in [5.74, 6) is 0.282. The summed E-state index contributed by atoms with van der Waals surface area (Å²) in [6, 6.07) is 0.175. The molecule has 8 heteroatoms. The molecule has 2 aliphatic rings. The smallest absolute Gasteiger partial charge is 0.254 e. The van der Waals surface area contributed by atoms with E-state index in [1.54, 1.807) is 7.11 Å². The average Bonchev–Trinajstić information content (AvgIpc) is 3.00. The lowest BCUT2D eigenvalue weighted by atomic mass is 9.93. The minimum atomic E-state index is -0.581. The van der Waals surface area contributed by atoms with E-state index in [-0.39, 0.29) is 17.6 Å². The zero-order valence-corrected chi connectivity index (χ0v) is 14.6. The topological polar surface area (TPSA) is 122 Å². The first-order chi connectivity index (χ1) is 12.1. The number of anilines is 2. The molecular weight excluding hydrogens is 322 g/mol. The number of carbonyl (C=O) groups excluding carboxylic acids is 1. The summed E-state index contributed by atoms with van der Waals surface area (Å²) in [5.41, 5.74) is 5.68. The SMILES string of the molecule is CO[C@H]1CC[C@H](Nc2ncc(C(N)=O)c(N[C@@H]3CCC[C@H]3O)n2)CC1. The predicted molar refractivity (Wildman–Crippen MR) is 94.5 cm³/mol. The van der Waals surface area contributed by atoms with Crippen LogP contribution in [0, 0.1) is 0 Å². The monoisotopic (exact) mass is 349 g/mol. The fraction of sp³-hybridized carbons (Fsp3) is 0.706. The average molecular weight is 349 g/mol. The van der Waals surface area contributed by atoms with Gasteiger partial charge in [-0.05, 0) is 44.9 Å². The van der Waals surface area contributed by atoms with Gasteiger partial charge in [0, 0.05) is 19.3 Å². The highest BCUT2D eigenvalue weighted by atomic mass is 16.5. The highest BCUT2D eigenvalue weighted by molar-refractivity contribution is 5.97. The molecule has 0 aliphatic heterocycles. The van der Waals surface area contributed by atoms with Crippen LogP contribution in [-0.2, 0) is 4.74 Å². The van der Waals surface area contributed by atoms with Crippen molar-refractivity contribution in [3.8, 4) is 0 Å². The fourth-order valence-electron chi connectivity index (χ4n) is 3.65. The standard InChI is InChI=1S/C17H27N5O3/c1-25-11-7-5-10(6-8-11)20-17-19-9-12(15(18)24)16(22-17)21-13-3-2-4-14(13)23/h9-11,13-14,23H,2-8H2,1H3,(H2,18,24)(H2,19,20,21,22)/t10-,11-,13-,14-/m1/s1. The predicted octanol–water partition coefficient (Wildman–Crippen LogP) is 1.27. The Kier molecular flexibility index (Phi) is 5.70. The Hall–Kier alpha value is -1.93. The maximum Gasteiger partial charge on any atom is 0.254 e. The molecule has 3 rings (SSSR count). The van der Waals surface area contributed by atoms with Crippen molar-refractivity contribution in [1.29, 1.82) is 0 Å². The van der Waals surface area contributed by atoms with Crippen molar-refractivity contribution >= 4 is 17.7 Å². The number of aromatic nitrogens is 2. The first kappa shape index (κ1) is 17.9. The second kappa shape index (κ2) is 7.97. The molecule has 2 saturated carbocycles. The number of nitrogens with zero attached hydrogens (tertiary/aromatic N) is 2. The van der Waals surface area contributed by atoms with Gasteiger partial charge in [0.25, 0.3) is 5.91 Å². The van der Waals surface area contributed by atoms with Crippen molar-refractivity contribution < 1.29 is 14.6 Å². The lowest BCUT2D eigenvalue weighted by Crippen LogP contribution is -2.32. The number of primary amides is 1. The molecule has 0 bridgehead atoms. The summed E-state index contributed by atoms with van der Waals surface area (Å²) in [7, 11) is 1.75. The first-order valence-corrected chi connectivity index (χ1v) is 8.97. The van der Waals surface area contributed by atoms with Gasteiger partial charge in [-0.1, -0.05) is 0 Å². The number of hydrogen-bond donors (Lipinski definition) is 4. The Morgan fingerprint density at radius 1 is 1.24 bits per heavy atom.